The number of nitriles is 1. The number of aryl methyl sites for hydroxylation is 3. The zero-order valence-electron chi connectivity index (χ0n) is 17.9. The monoisotopic (exact) mass is 399 g/mol. The van der Waals surface area contributed by atoms with Crippen molar-refractivity contribution in [3.05, 3.63) is 82.2 Å². The standard InChI is InChI=1S/C25H25N3O2/c1-16-9-8-10-17(2)24(16)28-18(3)13-20(19(28)4)14-21(15-26)25(29)27-22-11-6-7-12-23(22)30-5/h6-14H,1-5H3,(H,27,29)/b21-14+. The summed E-state index contributed by atoms with van der Waals surface area (Å²) in [6.07, 6.45) is 1.64. The first-order valence-electron chi connectivity index (χ1n) is 9.69. The molecule has 5 nitrogen and oxygen atoms in total. The van der Waals surface area contributed by atoms with Crippen molar-refractivity contribution in [2.75, 3.05) is 12.4 Å². The number of carbonyl (C=O) groups excluding carboxylic acids is 1. The molecule has 0 bridgehead atoms. The van der Waals surface area contributed by atoms with Gasteiger partial charge in [0.25, 0.3) is 5.91 Å². The first-order chi connectivity index (χ1) is 14.4. The van der Waals surface area contributed by atoms with Gasteiger partial charge in [0.1, 0.15) is 17.4 Å². The highest BCUT2D eigenvalue weighted by Gasteiger charge is 2.16. The Hall–Kier alpha value is -3.78. The molecule has 0 saturated heterocycles. The predicted molar refractivity (Wildman–Crippen MR) is 120 cm³/mol. The van der Waals surface area contributed by atoms with E-state index in [2.05, 4.69) is 35.9 Å². The van der Waals surface area contributed by atoms with Crippen molar-refractivity contribution in [2.24, 2.45) is 0 Å². The lowest BCUT2D eigenvalue weighted by Crippen LogP contribution is -2.14. The molecule has 0 saturated carbocycles. The summed E-state index contributed by atoms with van der Waals surface area (Å²) in [5, 5.41) is 12.4. The summed E-state index contributed by atoms with van der Waals surface area (Å²) in [5.74, 6) is 0.0650. The molecule has 0 aliphatic rings. The van der Waals surface area contributed by atoms with Gasteiger partial charge in [-0.05, 0) is 68.7 Å². The Kier molecular flexibility index (Phi) is 6.08. The van der Waals surface area contributed by atoms with Gasteiger partial charge in [0.05, 0.1) is 18.5 Å². The topological polar surface area (TPSA) is 67.0 Å². The third kappa shape index (κ3) is 3.99. The van der Waals surface area contributed by atoms with Gasteiger partial charge in [-0.25, -0.2) is 0 Å². The number of amides is 1. The number of hydrogen-bond acceptors (Lipinski definition) is 3. The Bertz CT molecular complexity index is 1160. The number of methoxy groups -OCH3 is 1. The average molecular weight is 399 g/mol. The van der Waals surface area contributed by atoms with E-state index in [9.17, 15) is 10.1 Å². The minimum Gasteiger partial charge on any atom is -0.495 e. The Morgan fingerprint density at radius 3 is 2.37 bits per heavy atom. The molecule has 3 aromatic rings. The first kappa shape index (κ1) is 20.9. The first-order valence-corrected chi connectivity index (χ1v) is 9.69. The van der Waals surface area contributed by atoms with Crippen LogP contribution >= 0.6 is 0 Å². The van der Waals surface area contributed by atoms with Gasteiger partial charge in [-0.1, -0.05) is 30.3 Å². The van der Waals surface area contributed by atoms with E-state index in [4.69, 9.17) is 4.74 Å². The lowest BCUT2D eigenvalue weighted by Gasteiger charge is -2.15. The Labute approximate surface area is 177 Å². The molecule has 0 radical (unpaired) electrons. The van der Waals surface area contributed by atoms with E-state index in [0.717, 1.165) is 22.6 Å². The molecule has 152 valence electrons. The molecule has 0 aliphatic heterocycles. The van der Waals surface area contributed by atoms with E-state index in [0.29, 0.717) is 11.4 Å². The van der Waals surface area contributed by atoms with Crippen molar-refractivity contribution in [3.63, 3.8) is 0 Å². The van der Waals surface area contributed by atoms with Gasteiger partial charge in [-0.15, -0.1) is 0 Å². The number of aromatic nitrogens is 1. The van der Waals surface area contributed by atoms with Crippen LogP contribution in [0, 0.1) is 39.0 Å². The van der Waals surface area contributed by atoms with E-state index in [1.807, 2.05) is 38.1 Å². The van der Waals surface area contributed by atoms with Crippen LogP contribution in [0.5, 0.6) is 5.75 Å². The second-order valence-corrected chi connectivity index (χ2v) is 7.23. The van der Waals surface area contributed by atoms with Crippen LogP contribution in [0.1, 0.15) is 28.1 Å². The molecule has 1 amide bonds. The highest BCUT2D eigenvalue weighted by atomic mass is 16.5. The molecule has 1 N–H and O–H groups in total. The lowest BCUT2D eigenvalue weighted by atomic mass is 10.1. The van der Waals surface area contributed by atoms with Crippen LogP contribution in [0.25, 0.3) is 11.8 Å². The Morgan fingerprint density at radius 1 is 1.07 bits per heavy atom. The summed E-state index contributed by atoms with van der Waals surface area (Å²) in [6.45, 7) is 8.19. The summed E-state index contributed by atoms with van der Waals surface area (Å²) in [4.78, 5) is 12.7. The molecule has 2 aromatic carbocycles. The molecule has 30 heavy (non-hydrogen) atoms. The number of carbonyl (C=O) groups is 1. The van der Waals surface area contributed by atoms with Crippen molar-refractivity contribution >= 4 is 17.7 Å². The minimum absolute atomic E-state index is 0.0302. The number of ether oxygens (including phenoxy) is 1. The summed E-state index contributed by atoms with van der Waals surface area (Å²) in [6, 6.07) is 17.3. The van der Waals surface area contributed by atoms with Crippen molar-refractivity contribution in [1.29, 1.82) is 5.26 Å². The number of benzene rings is 2. The molecular formula is C25H25N3O2. The third-order valence-electron chi connectivity index (χ3n) is 5.15. The second kappa shape index (κ2) is 8.71. The molecular weight excluding hydrogens is 374 g/mol. The fraction of sp³-hybridized carbons (Fsp3) is 0.200. The quantitative estimate of drug-likeness (QED) is 0.470. The fourth-order valence-electron chi connectivity index (χ4n) is 3.68. The van der Waals surface area contributed by atoms with Crippen molar-refractivity contribution in [3.8, 4) is 17.5 Å². The molecule has 0 aliphatic carbocycles. The molecule has 1 aromatic heterocycles. The third-order valence-corrected chi connectivity index (χ3v) is 5.15. The predicted octanol–water partition coefficient (Wildman–Crippen LogP) is 5.27. The maximum atomic E-state index is 12.7. The molecule has 5 heteroatoms. The molecule has 0 fully saturated rings. The van der Waals surface area contributed by atoms with Crippen LogP contribution in [0.4, 0.5) is 5.69 Å². The summed E-state index contributed by atoms with van der Waals surface area (Å²) >= 11 is 0. The zero-order valence-corrected chi connectivity index (χ0v) is 17.9. The molecule has 1 heterocycles. The van der Waals surface area contributed by atoms with Crippen LogP contribution in [0.3, 0.4) is 0 Å². The number of nitrogens with zero attached hydrogens (tertiary/aromatic N) is 2. The normalized spacial score (nSPS) is 11.1. The van der Waals surface area contributed by atoms with Crippen LogP contribution in [0.15, 0.2) is 54.1 Å². The van der Waals surface area contributed by atoms with Crippen molar-refractivity contribution in [1.82, 2.24) is 4.57 Å². The van der Waals surface area contributed by atoms with Crippen molar-refractivity contribution in [2.45, 2.75) is 27.7 Å². The maximum absolute atomic E-state index is 12.7. The Balaban J connectivity index is 1.99. The van der Waals surface area contributed by atoms with Gasteiger partial charge in [-0.3, -0.25) is 4.79 Å². The second-order valence-electron chi connectivity index (χ2n) is 7.23. The minimum atomic E-state index is -0.473. The van der Waals surface area contributed by atoms with E-state index in [-0.39, 0.29) is 5.57 Å². The van der Waals surface area contributed by atoms with Crippen LogP contribution in [-0.4, -0.2) is 17.6 Å². The van der Waals surface area contributed by atoms with Crippen LogP contribution < -0.4 is 10.1 Å². The molecule has 0 spiro atoms. The SMILES string of the molecule is COc1ccccc1NC(=O)/C(C#N)=C/c1cc(C)n(-c2c(C)cccc2C)c1C. The smallest absolute Gasteiger partial charge is 0.266 e. The zero-order chi connectivity index (χ0) is 21.8. The van der Waals surface area contributed by atoms with Gasteiger partial charge >= 0.3 is 0 Å². The number of hydrogen-bond donors (Lipinski definition) is 1. The fourth-order valence-corrected chi connectivity index (χ4v) is 3.68. The van der Waals surface area contributed by atoms with Gasteiger partial charge in [0, 0.05) is 11.4 Å². The average Bonchev–Trinajstić information content (AvgIpc) is 3.00. The van der Waals surface area contributed by atoms with Gasteiger partial charge < -0.3 is 14.6 Å². The van der Waals surface area contributed by atoms with Crippen molar-refractivity contribution < 1.29 is 9.53 Å². The highest BCUT2D eigenvalue weighted by Crippen LogP contribution is 2.28. The number of rotatable bonds is 5. The molecule has 0 atom stereocenters. The molecule has 0 unspecified atom stereocenters. The Morgan fingerprint density at radius 2 is 1.73 bits per heavy atom. The van der Waals surface area contributed by atoms with E-state index in [1.165, 1.54) is 18.2 Å². The van der Waals surface area contributed by atoms with Gasteiger partial charge in [0.2, 0.25) is 0 Å². The van der Waals surface area contributed by atoms with Gasteiger partial charge in [-0.2, -0.15) is 5.26 Å². The largest absolute Gasteiger partial charge is 0.495 e. The maximum Gasteiger partial charge on any atom is 0.266 e. The van der Waals surface area contributed by atoms with Crippen LogP contribution in [-0.2, 0) is 4.79 Å². The summed E-state index contributed by atoms with van der Waals surface area (Å²) < 4.78 is 7.44. The van der Waals surface area contributed by atoms with Gasteiger partial charge in [0.15, 0.2) is 0 Å². The summed E-state index contributed by atoms with van der Waals surface area (Å²) in [7, 11) is 1.54. The number of anilines is 1. The van der Waals surface area contributed by atoms with Crippen LogP contribution in [0.2, 0.25) is 0 Å². The van der Waals surface area contributed by atoms with E-state index in [1.54, 1.807) is 24.3 Å². The number of nitrogens with one attached hydrogen (secondary N) is 1. The van der Waals surface area contributed by atoms with E-state index >= 15 is 0 Å². The summed E-state index contributed by atoms with van der Waals surface area (Å²) in [5.41, 5.74) is 6.87. The highest BCUT2D eigenvalue weighted by molar-refractivity contribution is 6.10. The van der Waals surface area contributed by atoms with E-state index < -0.39 is 5.91 Å². The molecule has 3 rings (SSSR count). The number of para-hydroxylation sites is 3. The lowest BCUT2D eigenvalue weighted by molar-refractivity contribution is -0.112.